The third-order valence-electron chi connectivity index (χ3n) is 7.31. The van der Waals surface area contributed by atoms with E-state index in [9.17, 15) is 0 Å². The first-order valence-electron chi connectivity index (χ1n) is 12.1. The zero-order valence-corrected chi connectivity index (χ0v) is 22.1. The molecule has 0 radical (unpaired) electrons. The number of hydrogen-bond donors (Lipinski definition) is 4. The summed E-state index contributed by atoms with van der Waals surface area (Å²) < 4.78 is 0. The molecule has 0 unspecified atom stereocenters. The van der Waals surface area contributed by atoms with Crippen molar-refractivity contribution in [1.82, 2.24) is 25.9 Å². The van der Waals surface area contributed by atoms with E-state index in [1.165, 1.54) is 51.4 Å². The summed E-state index contributed by atoms with van der Waals surface area (Å²) in [6.45, 7) is 6.36. The van der Waals surface area contributed by atoms with Gasteiger partial charge in [0.15, 0.2) is 0 Å². The van der Waals surface area contributed by atoms with Gasteiger partial charge in [-0.05, 0) is 51.7 Å². The first-order chi connectivity index (χ1) is 15.5. The van der Waals surface area contributed by atoms with Crippen LogP contribution in [0.1, 0.15) is 88.7 Å². The van der Waals surface area contributed by atoms with Crippen molar-refractivity contribution in [2.24, 2.45) is 5.84 Å². The molecule has 0 saturated heterocycles. The second-order valence-electron chi connectivity index (χ2n) is 9.47. The molecule has 2 heterocycles. The van der Waals surface area contributed by atoms with E-state index < -0.39 is 0 Å². The minimum atomic E-state index is 0.00694. The third kappa shape index (κ3) is 7.53. The van der Waals surface area contributed by atoms with Gasteiger partial charge in [0.05, 0.1) is 11.4 Å². The first-order valence-corrected chi connectivity index (χ1v) is 15.4. The van der Waals surface area contributed by atoms with Gasteiger partial charge in [-0.3, -0.25) is 10.8 Å². The van der Waals surface area contributed by atoms with E-state index in [-0.39, 0.29) is 25.2 Å². The normalized spacial score (nSPS) is 34.7. The molecule has 6 atom stereocenters. The van der Waals surface area contributed by atoms with Crippen LogP contribution in [0.4, 0.5) is 0 Å². The summed E-state index contributed by atoms with van der Waals surface area (Å²) in [6, 6.07) is 8.83. The van der Waals surface area contributed by atoms with Gasteiger partial charge in [-0.15, -0.1) is 0 Å². The van der Waals surface area contributed by atoms with Gasteiger partial charge in [-0.25, -0.2) is 5.01 Å². The molecule has 2 bridgehead atoms. The second-order valence-corrected chi connectivity index (χ2v) is 11.4. The summed E-state index contributed by atoms with van der Waals surface area (Å²) in [6.07, 6.45) is 10.0. The van der Waals surface area contributed by atoms with Crippen molar-refractivity contribution in [3.05, 3.63) is 29.6 Å². The molecule has 3 aliphatic rings. The fraction of sp³-hybridized carbons (Fsp3) is 0.783. The molecular formula is C23H40Cl2MnN6. The Morgan fingerprint density at radius 3 is 2.09 bits per heavy atom. The molecule has 183 valence electrons. The van der Waals surface area contributed by atoms with E-state index in [0.29, 0.717) is 24.2 Å². The van der Waals surface area contributed by atoms with Crippen molar-refractivity contribution in [2.45, 2.75) is 101 Å². The molecule has 0 spiro atoms. The van der Waals surface area contributed by atoms with Gasteiger partial charge in [0.2, 0.25) is 0 Å². The van der Waals surface area contributed by atoms with Crippen molar-refractivity contribution in [3.63, 3.8) is 0 Å². The summed E-state index contributed by atoms with van der Waals surface area (Å²) >= 11 is 0.00694. The van der Waals surface area contributed by atoms with Crippen LogP contribution in [-0.2, 0) is 13.1 Å². The summed E-state index contributed by atoms with van der Waals surface area (Å²) in [5.74, 6) is 6.59. The standard InChI is InChI=1S/C23H40N6.2ClH.Mn/c1-16-18-11-7-12-19(28-18)17(2)27-22-10-5-6-13-23(22)29(24)15-14-25-20-8-3-4-9-21(20)26-16;;;/h7,11-12,16-17,20-23,25-27H,3-6,8-10,13-15,24H2,1-2H3;2*1H;/q;;;+2/p-2/t16-,17+,20+,21+,22+,23+;;;/m0.../s1. The van der Waals surface area contributed by atoms with Crippen LogP contribution < -0.4 is 21.8 Å². The average Bonchev–Trinajstić information content (AvgIpc) is 2.80. The number of aromatic nitrogens is 1. The van der Waals surface area contributed by atoms with Crippen LogP contribution in [0.2, 0.25) is 0 Å². The van der Waals surface area contributed by atoms with Crippen LogP contribution >= 0.6 is 20.2 Å². The number of halogens is 2. The van der Waals surface area contributed by atoms with Crippen molar-refractivity contribution in [1.29, 1.82) is 0 Å². The van der Waals surface area contributed by atoms with Gasteiger partial charge in [0, 0.05) is 49.3 Å². The Morgan fingerprint density at radius 1 is 0.906 bits per heavy atom. The number of nitrogens with two attached hydrogens (primary N) is 1. The van der Waals surface area contributed by atoms with Crippen molar-refractivity contribution in [3.8, 4) is 0 Å². The summed E-state index contributed by atoms with van der Waals surface area (Å²) in [5, 5.41) is 13.7. The molecule has 2 aliphatic carbocycles. The number of nitrogens with zero attached hydrogens (tertiary/aromatic N) is 2. The van der Waals surface area contributed by atoms with Gasteiger partial charge in [-0.2, -0.15) is 0 Å². The maximum atomic E-state index is 6.59. The number of rotatable bonds is 0. The molecular weight excluding hydrogens is 486 g/mol. The molecule has 9 heteroatoms. The van der Waals surface area contributed by atoms with Crippen molar-refractivity contribution < 1.29 is 13.1 Å². The fourth-order valence-electron chi connectivity index (χ4n) is 5.59. The zero-order valence-electron chi connectivity index (χ0n) is 19.4. The Morgan fingerprint density at radius 2 is 1.44 bits per heavy atom. The van der Waals surface area contributed by atoms with Crippen molar-refractivity contribution in [2.75, 3.05) is 13.1 Å². The van der Waals surface area contributed by atoms with E-state index >= 15 is 0 Å². The van der Waals surface area contributed by atoms with Crippen LogP contribution in [0, 0.1) is 0 Å². The Kier molecular flexibility index (Phi) is 11.5. The second kappa shape index (κ2) is 13.8. The molecule has 0 aromatic carbocycles. The Bertz CT molecular complexity index is 684. The molecule has 5 N–H and O–H groups in total. The number of hydrazine groups is 1. The van der Waals surface area contributed by atoms with Crippen LogP contribution in [0.3, 0.4) is 0 Å². The fourth-order valence-corrected chi connectivity index (χ4v) is 5.59. The van der Waals surface area contributed by atoms with Crippen LogP contribution in [0.25, 0.3) is 0 Å². The Balaban J connectivity index is 0.000000913. The quantitative estimate of drug-likeness (QED) is 0.301. The molecule has 32 heavy (non-hydrogen) atoms. The topological polar surface area (TPSA) is 78.2 Å². The predicted molar refractivity (Wildman–Crippen MR) is 130 cm³/mol. The number of fused-ring (bicyclic) bond motifs is 4. The summed E-state index contributed by atoms with van der Waals surface area (Å²) in [7, 11) is 9.59. The van der Waals surface area contributed by atoms with Gasteiger partial charge in [0.25, 0.3) is 0 Å². The molecule has 1 aliphatic heterocycles. The molecule has 1 aromatic rings. The maximum absolute atomic E-state index is 6.59. The van der Waals surface area contributed by atoms with E-state index in [1.54, 1.807) is 0 Å². The summed E-state index contributed by atoms with van der Waals surface area (Å²) in [4.78, 5) is 5.05. The molecule has 1 aromatic heterocycles. The number of nitrogens with one attached hydrogen (secondary N) is 3. The SMILES string of the molecule is C[C@@H]1N[C@@H]2CCCC[C@H]2NCCN(N)[C@@H]2CCCC[C@H]2N[C@H](C)c2cccc1n2.[Cl][Mn][Cl]. The van der Waals surface area contributed by atoms with Gasteiger partial charge < -0.3 is 16.0 Å². The monoisotopic (exact) mass is 525 g/mol. The Hall–Kier alpha value is 0.0495. The first kappa shape index (κ1) is 26.7. The third-order valence-corrected chi connectivity index (χ3v) is 7.31. The molecule has 2 saturated carbocycles. The molecule has 4 rings (SSSR count). The number of pyridine rings is 1. The molecule has 0 amide bonds. The van der Waals surface area contributed by atoms with Gasteiger partial charge >= 0.3 is 33.3 Å². The van der Waals surface area contributed by atoms with Gasteiger partial charge in [0.1, 0.15) is 0 Å². The van der Waals surface area contributed by atoms with E-state index in [1.807, 2.05) is 0 Å². The molecule has 6 nitrogen and oxygen atoms in total. The minimum absolute atomic E-state index is 0.00694. The zero-order chi connectivity index (χ0) is 22.9. The number of hydrogen-bond acceptors (Lipinski definition) is 6. The Labute approximate surface area is 208 Å². The molecule has 2 fully saturated rings. The van der Waals surface area contributed by atoms with E-state index in [2.05, 4.69) is 53.0 Å². The predicted octanol–water partition coefficient (Wildman–Crippen LogP) is 4.16. The van der Waals surface area contributed by atoms with Crippen molar-refractivity contribution >= 4 is 20.2 Å². The van der Waals surface area contributed by atoms with Crippen LogP contribution in [0.15, 0.2) is 18.2 Å². The van der Waals surface area contributed by atoms with E-state index in [0.717, 1.165) is 24.5 Å². The summed E-state index contributed by atoms with van der Waals surface area (Å²) in [5.41, 5.74) is 2.29. The van der Waals surface area contributed by atoms with E-state index in [4.69, 9.17) is 31.0 Å². The van der Waals surface area contributed by atoms with Crippen LogP contribution in [-0.4, -0.2) is 47.2 Å². The average molecular weight is 526 g/mol. The van der Waals surface area contributed by atoms with Gasteiger partial charge in [-0.1, -0.05) is 31.7 Å². The van der Waals surface area contributed by atoms with Crippen LogP contribution in [0.5, 0.6) is 0 Å².